The summed E-state index contributed by atoms with van der Waals surface area (Å²) in [7, 11) is 0. The van der Waals surface area contributed by atoms with E-state index in [0.29, 0.717) is 23.6 Å². The number of hydrogen-bond acceptors (Lipinski definition) is 9. The molecule has 0 bridgehead atoms. The maximum Gasteiger partial charge on any atom is 0.218 e. The maximum absolute atomic E-state index is 6.01. The van der Waals surface area contributed by atoms with E-state index in [-0.39, 0.29) is 6.10 Å². The summed E-state index contributed by atoms with van der Waals surface area (Å²) in [5.74, 6) is 1.72. The van der Waals surface area contributed by atoms with Gasteiger partial charge in [0.25, 0.3) is 0 Å². The zero-order chi connectivity index (χ0) is 18.9. The third-order valence-corrected chi connectivity index (χ3v) is 4.85. The number of morpholine rings is 1. The lowest BCUT2D eigenvalue weighted by atomic mass is 10.1. The van der Waals surface area contributed by atoms with Crippen LogP contribution < -0.4 is 10.5 Å². The Labute approximate surface area is 166 Å². The number of thiol groups is 2. The minimum atomic E-state index is 0.213. The third-order valence-electron chi connectivity index (χ3n) is 4.85. The van der Waals surface area contributed by atoms with E-state index < -0.39 is 0 Å². The first-order chi connectivity index (χ1) is 12.6. The van der Waals surface area contributed by atoms with E-state index in [1.807, 2.05) is 6.92 Å². The van der Waals surface area contributed by atoms with Gasteiger partial charge in [-0.3, -0.25) is 9.80 Å². The van der Waals surface area contributed by atoms with E-state index in [4.69, 9.17) is 15.2 Å². The number of likely N-dealkylation sites (tertiary alicyclic amines) is 1. The van der Waals surface area contributed by atoms with Gasteiger partial charge >= 0.3 is 0 Å². The van der Waals surface area contributed by atoms with Crippen molar-refractivity contribution in [2.45, 2.75) is 38.8 Å². The highest BCUT2D eigenvalue weighted by molar-refractivity contribution is 8.59. The number of piperidine rings is 1. The number of ether oxygens (including phenoxy) is 2. The number of aromatic nitrogens is 2. The quantitative estimate of drug-likeness (QED) is 0.512. The summed E-state index contributed by atoms with van der Waals surface area (Å²) in [4.78, 5) is 13.5. The third kappa shape index (κ3) is 6.77. The predicted octanol–water partition coefficient (Wildman–Crippen LogP) is 1.69. The Morgan fingerprint density at radius 3 is 2.50 bits per heavy atom. The molecule has 0 aromatic carbocycles. The zero-order valence-electron chi connectivity index (χ0n) is 15.7. The molecule has 1 unspecified atom stereocenters. The number of anilines is 1. The average molecular weight is 402 g/mol. The van der Waals surface area contributed by atoms with Crippen LogP contribution in [-0.2, 0) is 4.74 Å². The van der Waals surface area contributed by atoms with Crippen LogP contribution in [0.15, 0.2) is 6.07 Å². The number of nitrogens with zero attached hydrogens (tertiary/aromatic N) is 4. The SMILES string of the molecule is Cc1nc(N)cc(OC2CCN(C(C)CN3CCOCC3)CC2)n1.SS. The summed E-state index contributed by atoms with van der Waals surface area (Å²) in [5.41, 5.74) is 5.76. The minimum Gasteiger partial charge on any atom is -0.474 e. The molecule has 0 radical (unpaired) electrons. The summed E-state index contributed by atoms with van der Waals surface area (Å²) in [6, 6.07) is 2.28. The van der Waals surface area contributed by atoms with E-state index in [0.717, 1.165) is 58.8 Å². The van der Waals surface area contributed by atoms with E-state index in [1.165, 1.54) is 0 Å². The first-order valence-electron chi connectivity index (χ1n) is 9.12. The molecule has 2 fully saturated rings. The Bertz CT molecular complexity index is 518. The van der Waals surface area contributed by atoms with Crippen molar-refractivity contribution in [2.75, 3.05) is 51.7 Å². The fourth-order valence-corrected chi connectivity index (χ4v) is 3.50. The highest BCUT2D eigenvalue weighted by Crippen LogP contribution is 2.20. The number of aryl methyl sites for hydroxylation is 1. The standard InChI is InChI=1S/C17H29N5O2.H2S2/c1-13(12-21-7-9-23-10-8-21)22-5-3-15(4-6-22)24-17-11-16(18)19-14(2)20-17;1-2/h11,13,15H,3-10,12H2,1-2H3,(H2,18,19,20);1-2H. The first-order valence-corrected chi connectivity index (χ1v) is 10.7. The molecule has 26 heavy (non-hydrogen) atoms. The van der Waals surface area contributed by atoms with Gasteiger partial charge < -0.3 is 15.2 Å². The molecule has 148 valence electrons. The molecule has 2 saturated heterocycles. The van der Waals surface area contributed by atoms with Crippen LogP contribution in [0.5, 0.6) is 5.88 Å². The van der Waals surface area contributed by atoms with Gasteiger partial charge in [0.1, 0.15) is 17.7 Å². The topological polar surface area (TPSA) is 76.7 Å². The summed E-state index contributed by atoms with van der Waals surface area (Å²) in [6.45, 7) is 11.2. The van der Waals surface area contributed by atoms with Crippen molar-refractivity contribution in [3.63, 3.8) is 0 Å². The van der Waals surface area contributed by atoms with Crippen molar-refractivity contribution in [1.82, 2.24) is 19.8 Å². The number of hydrogen-bond donors (Lipinski definition) is 3. The van der Waals surface area contributed by atoms with Crippen molar-refractivity contribution in [1.29, 1.82) is 0 Å². The van der Waals surface area contributed by atoms with Gasteiger partial charge in [-0.1, -0.05) is 0 Å². The van der Waals surface area contributed by atoms with Crippen LogP contribution in [0.3, 0.4) is 0 Å². The van der Waals surface area contributed by atoms with Crippen molar-refractivity contribution < 1.29 is 9.47 Å². The molecule has 0 saturated carbocycles. The summed E-state index contributed by atoms with van der Waals surface area (Å²) in [6.07, 6.45) is 2.26. The lowest BCUT2D eigenvalue weighted by molar-refractivity contribution is 0.0156. The second-order valence-electron chi connectivity index (χ2n) is 6.79. The van der Waals surface area contributed by atoms with Crippen LogP contribution in [0.1, 0.15) is 25.6 Å². The molecular formula is C17H31N5O2S2. The van der Waals surface area contributed by atoms with Gasteiger partial charge in [-0.05, 0) is 26.7 Å². The molecule has 1 aromatic rings. The van der Waals surface area contributed by atoms with Gasteiger partial charge in [-0.25, -0.2) is 4.98 Å². The van der Waals surface area contributed by atoms with Gasteiger partial charge in [0, 0.05) is 44.8 Å². The molecular weight excluding hydrogens is 370 g/mol. The monoisotopic (exact) mass is 401 g/mol. The van der Waals surface area contributed by atoms with E-state index in [9.17, 15) is 0 Å². The molecule has 3 heterocycles. The van der Waals surface area contributed by atoms with Gasteiger partial charge in [0.05, 0.1) is 13.2 Å². The molecule has 2 N–H and O–H groups in total. The van der Waals surface area contributed by atoms with E-state index in [2.05, 4.69) is 50.0 Å². The lowest BCUT2D eigenvalue weighted by Gasteiger charge is -2.38. The maximum atomic E-state index is 6.01. The van der Waals surface area contributed by atoms with Crippen LogP contribution in [-0.4, -0.2) is 77.9 Å². The van der Waals surface area contributed by atoms with Crippen molar-refractivity contribution in [2.24, 2.45) is 0 Å². The number of rotatable bonds is 5. The van der Waals surface area contributed by atoms with Crippen LogP contribution in [0.2, 0.25) is 0 Å². The number of nitrogens with two attached hydrogens (primary N) is 1. The van der Waals surface area contributed by atoms with Gasteiger partial charge in [-0.2, -0.15) is 4.98 Å². The molecule has 7 nitrogen and oxygen atoms in total. The Hall–Kier alpha value is -0.740. The molecule has 9 heteroatoms. The summed E-state index contributed by atoms with van der Waals surface area (Å²) < 4.78 is 11.4. The molecule has 3 rings (SSSR count). The fraction of sp³-hybridized carbons (Fsp3) is 0.765. The molecule has 1 atom stereocenters. The van der Waals surface area contributed by atoms with Crippen LogP contribution in [0, 0.1) is 6.92 Å². The molecule has 2 aliphatic rings. The zero-order valence-corrected chi connectivity index (χ0v) is 17.5. The highest BCUT2D eigenvalue weighted by atomic mass is 33.1. The fourth-order valence-electron chi connectivity index (χ4n) is 3.50. The second kappa shape index (κ2) is 11.2. The van der Waals surface area contributed by atoms with Crippen molar-refractivity contribution >= 4 is 29.1 Å². The molecule has 0 aliphatic carbocycles. The van der Waals surface area contributed by atoms with E-state index in [1.54, 1.807) is 6.07 Å². The number of nitrogen functional groups attached to an aromatic ring is 1. The average Bonchev–Trinajstić information content (AvgIpc) is 2.64. The van der Waals surface area contributed by atoms with Crippen LogP contribution >= 0.6 is 23.3 Å². The Kier molecular flexibility index (Phi) is 9.27. The minimum absolute atomic E-state index is 0.213. The smallest absolute Gasteiger partial charge is 0.218 e. The summed E-state index contributed by atoms with van der Waals surface area (Å²) >= 11 is 6.44. The molecule has 2 aliphatic heterocycles. The Balaban J connectivity index is 0.00000117. The molecule has 0 spiro atoms. The largest absolute Gasteiger partial charge is 0.474 e. The molecule has 1 aromatic heterocycles. The van der Waals surface area contributed by atoms with Gasteiger partial charge in [0.2, 0.25) is 5.88 Å². The van der Waals surface area contributed by atoms with Crippen molar-refractivity contribution in [3.05, 3.63) is 11.9 Å². The molecule has 0 amide bonds. The van der Waals surface area contributed by atoms with Crippen LogP contribution in [0.25, 0.3) is 0 Å². The van der Waals surface area contributed by atoms with Gasteiger partial charge in [0.15, 0.2) is 0 Å². The highest BCUT2D eigenvalue weighted by Gasteiger charge is 2.25. The summed E-state index contributed by atoms with van der Waals surface area (Å²) in [5, 5.41) is 0. The van der Waals surface area contributed by atoms with E-state index >= 15 is 0 Å². The van der Waals surface area contributed by atoms with Crippen LogP contribution in [0.4, 0.5) is 5.82 Å². The normalized spacial score (nSPS) is 20.9. The van der Waals surface area contributed by atoms with Crippen molar-refractivity contribution in [3.8, 4) is 5.88 Å². The first kappa shape index (κ1) is 21.6. The Morgan fingerprint density at radius 2 is 1.88 bits per heavy atom. The van der Waals surface area contributed by atoms with Gasteiger partial charge in [-0.15, -0.1) is 23.3 Å². The predicted molar refractivity (Wildman–Crippen MR) is 111 cm³/mol. The second-order valence-corrected chi connectivity index (χ2v) is 6.79. The Morgan fingerprint density at radius 1 is 1.23 bits per heavy atom. The lowest BCUT2D eigenvalue weighted by Crippen LogP contribution is -2.49.